The first-order valence-corrected chi connectivity index (χ1v) is 13.3. The predicted octanol–water partition coefficient (Wildman–Crippen LogP) is 5.88. The van der Waals surface area contributed by atoms with E-state index in [2.05, 4.69) is 24.3 Å². The first-order valence-electron chi connectivity index (χ1n) is 11.5. The van der Waals surface area contributed by atoms with Crippen LogP contribution in [0.15, 0.2) is 94.7 Å². The van der Waals surface area contributed by atoms with Crippen molar-refractivity contribution in [1.29, 1.82) is 0 Å². The number of carbonyl (C=O) groups excluding carboxylic acids is 2. The Labute approximate surface area is 215 Å². The molecule has 0 radical (unpaired) electrons. The molecule has 0 aromatic heterocycles. The number of methoxy groups -OCH3 is 1. The summed E-state index contributed by atoms with van der Waals surface area (Å²) in [6, 6.07) is 28.1. The molecule has 1 saturated heterocycles. The quantitative estimate of drug-likeness (QED) is 0.148. The molecule has 1 aliphatic rings. The van der Waals surface area contributed by atoms with E-state index in [4.69, 9.17) is 9.47 Å². The molecule has 3 aromatic carbocycles. The van der Waals surface area contributed by atoms with E-state index < -0.39 is 12.0 Å². The van der Waals surface area contributed by atoms with Gasteiger partial charge in [-0.2, -0.15) is 0 Å². The highest BCUT2D eigenvalue weighted by Crippen LogP contribution is 2.47. The number of hydrogen-bond acceptors (Lipinski definition) is 6. The van der Waals surface area contributed by atoms with Crippen LogP contribution >= 0.6 is 23.5 Å². The summed E-state index contributed by atoms with van der Waals surface area (Å²) in [5, 5.41) is 0. The second-order valence-corrected chi connectivity index (χ2v) is 11.1. The maximum atomic E-state index is 13.4. The lowest BCUT2D eigenvalue weighted by atomic mass is 9.83. The number of thioether (sulfide) groups is 2. The van der Waals surface area contributed by atoms with Gasteiger partial charge in [0.25, 0.3) is 0 Å². The number of hydrogen-bond donors (Lipinski definition) is 0. The number of rotatable bonds is 10. The summed E-state index contributed by atoms with van der Waals surface area (Å²) < 4.78 is 10.8. The van der Waals surface area contributed by atoms with Gasteiger partial charge in [0, 0.05) is 23.3 Å². The number of esters is 1. The van der Waals surface area contributed by atoms with E-state index in [0.717, 1.165) is 21.1 Å². The van der Waals surface area contributed by atoms with Crippen molar-refractivity contribution in [1.82, 2.24) is 4.90 Å². The molecule has 182 valence electrons. The van der Waals surface area contributed by atoms with E-state index in [1.54, 1.807) is 30.6 Å². The van der Waals surface area contributed by atoms with E-state index in [0.29, 0.717) is 6.54 Å². The maximum Gasteiger partial charge on any atom is 0.302 e. The lowest BCUT2D eigenvalue weighted by Gasteiger charge is -2.51. The Morgan fingerprint density at radius 2 is 1.46 bits per heavy atom. The fraction of sp³-hybridized carbons (Fsp3) is 0.286. The van der Waals surface area contributed by atoms with Crippen LogP contribution in [-0.2, 0) is 20.9 Å². The molecule has 1 fully saturated rings. The average molecular weight is 508 g/mol. The fourth-order valence-corrected chi connectivity index (χ4v) is 7.20. The normalized spacial score (nSPS) is 18.2. The number of amides is 1. The molecule has 0 unspecified atom stereocenters. The van der Waals surface area contributed by atoms with Gasteiger partial charge in [0.2, 0.25) is 5.91 Å². The third-order valence-corrected chi connectivity index (χ3v) is 8.62. The van der Waals surface area contributed by atoms with Crippen molar-refractivity contribution in [2.75, 3.05) is 7.11 Å². The molecular weight excluding hydrogens is 478 g/mol. The second-order valence-electron chi connectivity index (χ2n) is 8.38. The van der Waals surface area contributed by atoms with Gasteiger partial charge < -0.3 is 14.4 Å². The molecule has 1 amide bonds. The van der Waals surface area contributed by atoms with Crippen LogP contribution in [0.5, 0.6) is 5.75 Å². The van der Waals surface area contributed by atoms with E-state index in [1.165, 1.54) is 6.92 Å². The van der Waals surface area contributed by atoms with Crippen LogP contribution in [0.4, 0.5) is 0 Å². The third-order valence-electron chi connectivity index (χ3n) is 5.94. The third kappa shape index (κ3) is 6.21. The molecule has 0 saturated carbocycles. The summed E-state index contributed by atoms with van der Waals surface area (Å²) in [5.74, 6) is 0.000768. The predicted molar refractivity (Wildman–Crippen MR) is 140 cm³/mol. The molecule has 5 nitrogen and oxygen atoms in total. The van der Waals surface area contributed by atoms with Crippen LogP contribution < -0.4 is 4.74 Å². The molecule has 4 rings (SSSR count). The number of β-lactam (4-membered cyclic amide) rings is 1. The Morgan fingerprint density at radius 3 is 1.94 bits per heavy atom. The lowest BCUT2D eigenvalue weighted by Crippen LogP contribution is -2.67. The fourth-order valence-electron chi connectivity index (χ4n) is 4.27. The van der Waals surface area contributed by atoms with Gasteiger partial charge in [-0.25, -0.2) is 0 Å². The Balaban J connectivity index is 1.66. The van der Waals surface area contributed by atoms with Crippen molar-refractivity contribution in [3.05, 3.63) is 90.5 Å². The zero-order valence-corrected chi connectivity index (χ0v) is 21.6. The van der Waals surface area contributed by atoms with E-state index >= 15 is 0 Å². The van der Waals surface area contributed by atoms with Gasteiger partial charge in [-0.05, 0) is 48.9 Å². The molecule has 7 heteroatoms. The summed E-state index contributed by atoms with van der Waals surface area (Å²) in [6.45, 7) is 3.69. The highest BCUT2D eigenvalue weighted by atomic mass is 32.2. The average Bonchev–Trinajstić information content (AvgIpc) is 2.86. The molecule has 3 aromatic rings. The van der Waals surface area contributed by atoms with Crippen molar-refractivity contribution in [2.45, 2.75) is 46.9 Å². The van der Waals surface area contributed by atoms with Crippen molar-refractivity contribution in [2.24, 2.45) is 5.92 Å². The van der Waals surface area contributed by atoms with Gasteiger partial charge in [-0.3, -0.25) is 9.59 Å². The van der Waals surface area contributed by atoms with Crippen LogP contribution in [0, 0.1) is 5.92 Å². The molecule has 0 spiro atoms. The Hall–Kier alpha value is -2.90. The molecule has 0 N–H and O–H groups in total. The van der Waals surface area contributed by atoms with Gasteiger partial charge in [0.1, 0.15) is 11.9 Å². The number of ether oxygens (including phenoxy) is 2. The number of benzene rings is 3. The summed E-state index contributed by atoms with van der Waals surface area (Å²) >= 11 is 3.48. The van der Waals surface area contributed by atoms with Crippen molar-refractivity contribution < 1.29 is 19.1 Å². The van der Waals surface area contributed by atoms with E-state index in [9.17, 15) is 9.59 Å². The Bertz CT molecular complexity index is 1080. The zero-order chi connectivity index (χ0) is 24.8. The van der Waals surface area contributed by atoms with Crippen molar-refractivity contribution in [3.63, 3.8) is 0 Å². The Kier molecular flexibility index (Phi) is 8.42. The van der Waals surface area contributed by atoms with Crippen LogP contribution in [0.3, 0.4) is 0 Å². The first kappa shape index (κ1) is 25.2. The summed E-state index contributed by atoms with van der Waals surface area (Å²) in [4.78, 5) is 29.3. The summed E-state index contributed by atoms with van der Waals surface area (Å²) in [7, 11) is 1.64. The highest BCUT2D eigenvalue weighted by molar-refractivity contribution is 8.17. The van der Waals surface area contributed by atoms with Crippen LogP contribution in [-0.4, -0.2) is 40.6 Å². The molecule has 3 atom stereocenters. The van der Waals surface area contributed by atoms with Crippen LogP contribution in [0.2, 0.25) is 0 Å². The molecule has 0 bridgehead atoms. The first-order chi connectivity index (χ1) is 17.0. The van der Waals surface area contributed by atoms with Gasteiger partial charge >= 0.3 is 5.97 Å². The smallest absolute Gasteiger partial charge is 0.302 e. The molecule has 1 aliphatic heterocycles. The van der Waals surface area contributed by atoms with Gasteiger partial charge in [-0.15, -0.1) is 23.5 Å². The van der Waals surface area contributed by atoms with E-state index in [1.807, 2.05) is 72.5 Å². The largest absolute Gasteiger partial charge is 0.497 e. The summed E-state index contributed by atoms with van der Waals surface area (Å²) in [6.07, 6.45) is -0.507. The number of carbonyl (C=O) groups is 2. The molecular formula is C28H29NO4S2. The van der Waals surface area contributed by atoms with Crippen LogP contribution in [0.25, 0.3) is 0 Å². The Morgan fingerprint density at radius 1 is 0.914 bits per heavy atom. The number of nitrogens with zero attached hydrogens (tertiary/aromatic N) is 1. The maximum absolute atomic E-state index is 13.4. The minimum atomic E-state index is -0.507. The molecule has 1 heterocycles. The summed E-state index contributed by atoms with van der Waals surface area (Å²) in [5.41, 5.74) is 1.02. The van der Waals surface area contributed by atoms with Gasteiger partial charge in [0.05, 0.1) is 23.7 Å². The molecule has 35 heavy (non-hydrogen) atoms. The van der Waals surface area contributed by atoms with Crippen molar-refractivity contribution in [3.8, 4) is 5.75 Å². The monoisotopic (exact) mass is 507 g/mol. The highest BCUT2D eigenvalue weighted by Gasteiger charge is 2.54. The van der Waals surface area contributed by atoms with Crippen LogP contribution in [0.1, 0.15) is 19.4 Å². The standard InChI is InChI=1S/C28H29NO4S2/c1-19(33-20(2)30)25-26(29(27(25)31)18-21-14-16-22(32-3)17-15-21)28(34-23-10-6-4-7-11-23)35-24-12-8-5-9-13-24/h4-17,19,25-26,28H,18H2,1-3H3/t19-,25-,26+/m0/s1. The topological polar surface area (TPSA) is 55.8 Å². The SMILES string of the molecule is COc1ccc(CN2C(=O)[C@@H]([C@H](C)OC(C)=O)[C@@H]2C(Sc2ccccc2)Sc2ccccc2)cc1. The zero-order valence-electron chi connectivity index (χ0n) is 20.0. The van der Waals surface area contributed by atoms with Crippen molar-refractivity contribution >= 4 is 35.4 Å². The number of likely N-dealkylation sites (tertiary alicyclic amines) is 1. The minimum absolute atomic E-state index is 0.00115. The van der Waals surface area contributed by atoms with E-state index in [-0.39, 0.29) is 22.5 Å². The lowest BCUT2D eigenvalue weighted by molar-refractivity contribution is -0.171. The van der Waals surface area contributed by atoms with Gasteiger partial charge in [0.15, 0.2) is 0 Å². The second kappa shape index (κ2) is 11.7. The van der Waals surface area contributed by atoms with Gasteiger partial charge in [-0.1, -0.05) is 48.5 Å². The molecule has 0 aliphatic carbocycles. The minimum Gasteiger partial charge on any atom is -0.497 e.